The quantitative estimate of drug-likeness (QED) is 0.152. The molecule has 0 aliphatic heterocycles. The highest BCUT2D eigenvalue weighted by atomic mass is 16.3. The Labute approximate surface area is 245 Å². The van der Waals surface area contributed by atoms with Gasteiger partial charge in [-0.25, -0.2) is 0 Å². The van der Waals surface area contributed by atoms with E-state index in [1.165, 1.54) is 0 Å². The Kier molecular flexibility index (Phi) is 5.98. The van der Waals surface area contributed by atoms with Gasteiger partial charge in [0.15, 0.2) is 0 Å². The van der Waals surface area contributed by atoms with Crippen molar-refractivity contribution in [3.8, 4) is 0 Å². The normalized spacial score (nSPS) is 20.3. The largest absolute Gasteiger partial charge is 0.398 e. The zero-order valence-electron chi connectivity index (χ0n) is 24.3. The Morgan fingerprint density at radius 1 is 0.476 bits per heavy atom. The van der Waals surface area contributed by atoms with Crippen LogP contribution >= 0.6 is 0 Å². The van der Waals surface area contributed by atoms with Crippen molar-refractivity contribution >= 4 is 65.8 Å². The van der Waals surface area contributed by atoms with Crippen molar-refractivity contribution < 1.29 is 10.2 Å². The lowest BCUT2D eigenvalue weighted by atomic mass is 9.60. The lowest BCUT2D eigenvalue weighted by Crippen LogP contribution is -2.52. The van der Waals surface area contributed by atoms with Crippen molar-refractivity contribution in [1.29, 1.82) is 0 Å². The van der Waals surface area contributed by atoms with Gasteiger partial charge in [-0.2, -0.15) is 0 Å². The predicted octanol–water partition coefficient (Wildman–Crippen LogP) is 6.20. The standard InChI is InChI=1S/C36H36N4O2/c1-39(2)33-21-13-7-5-11-19(21)29(27-23(33)15-9-17-25(27)37)31-35(41)32(36(31)42)30-20-12-6-8-14-22(20)34(40(3)4)24-16-10-18-26(38)28(24)30/h5-18,31-32,35-36,41-42H,37-38H2,1-4H3. The minimum Gasteiger partial charge on any atom is -0.398 e. The molecule has 1 aliphatic carbocycles. The molecule has 1 aliphatic rings. The van der Waals surface area contributed by atoms with Crippen LogP contribution in [0.15, 0.2) is 84.9 Å². The first kappa shape index (κ1) is 26.4. The zero-order valence-corrected chi connectivity index (χ0v) is 24.3. The fraction of sp³-hybridized carbons (Fsp3) is 0.222. The van der Waals surface area contributed by atoms with Gasteiger partial charge in [0.1, 0.15) is 0 Å². The number of nitrogens with two attached hydrogens (primary N) is 2. The average Bonchev–Trinajstić information content (AvgIpc) is 2.96. The van der Waals surface area contributed by atoms with Crippen LogP contribution in [-0.2, 0) is 0 Å². The summed E-state index contributed by atoms with van der Waals surface area (Å²) in [6.07, 6.45) is -1.71. The molecular formula is C36H36N4O2. The molecule has 0 radical (unpaired) electrons. The molecule has 6 nitrogen and oxygen atoms in total. The SMILES string of the molecule is CN(C)c1c2ccccc2c(C2C(O)C(c3c4ccccc4c(N(C)C)c4cccc(N)c34)C2O)c2c(N)cccc12. The van der Waals surface area contributed by atoms with Crippen molar-refractivity contribution in [3.63, 3.8) is 0 Å². The van der Waals surface area contributed by atoms with Gasteiger partial charge in [0, 0.05) is 83.7 Å². The van der Waals surface area contributed by atoms with E-state index in [-0.39, 0.29) is 0 Å². The van der Waals surface area contributed by atoms with Crippen LogP contribution < -0.4 is 21.3 Å². The summed E-state index contributed by atoms with van der Waals surface area (Å²) >= 11 is 0. The van der Waals surface area contributed by atoms with Gasteiger partial charge >= 0.3 is 0 Å². The molecule has 0 aromatic heterocycles. The van der Waals surface area contributed by atoms with Crippen molar-refractivity contribution in [2.75, 3.05) is 49.5 Å². The molecule has 212 valence electrons. The fourth-order valence-corrected chi connectivity index (χ4v) is 7.59. The maximum Gasteiger partial charge on any atom is 0.0728 e. The number of nitrogen functional groups attached to an aromatic ring is 2. The monoisotopic (exact) mass is 556 g/mol. The second-order valence-electron chi connectivity index (χ2n) is 12.0. The summed E-state index contributed by atoms with van der Waals surface area (Å²) in [7, 11) is 8.13. The highest BCUT2D eigenvalue weighted by Crippen LogP contribution is 2.57. The Morgan fingerprint density at radius 3 is 1.17 bits per heavy atom. The third-order valence-corrected chi connectivity index (χ3v) is 9.22. The summed E-state index contributed by atoms with van der Waals surface area (Å²) in [6, 6.07) is 28.3. The van der Waals surface area contributed by atoms with Gasteiger partial charge < -0.3 is 31.5 Å². The molecule has 6 aromatic carbocycles. The van der Waals surface area contributed by atoms with Crippen LogP contribution in [0.3, 0.4) is 0 Å². The van der Waals surface area contributed by atoms with Crippen molar-refractivity contribution in [1.82, 2.24) is 0 Å². The topological polar surface area (TPSA) is 99.0 Å². The first-order chi connectivity index (χ1) is 20.2. The minimum absolute atomic E-state index is 0.532. The molecule has 6 heteroatoms. The summed E-state index contributed by atoms with van der Waals surface area (Å²) in [5.41, 5.74) is 18.6. The Balaban J connectivity index is 1.51. The number of rotatable bonds is 4. The average molecular weight is 557 g/mol. The first-order valence-corrected chi connectivity index (χ1v) is 14.4. The molecule has 7 rings (SSSR count). The van der Waals surface area contributed by atoms with Crippen LogP contribution in [0, 0.1) is 0 Å². The molecule has 6 N–H and O–H groups in total. The van der Waals surface area contributed by atoms with Crippen molar-refractivity contribution in [2.24, 2.45) is 0 Å². The summed E-state index contributed by atoms with van der Waals surface area (Å²) in [6.45, 7) is 0. The molecule has 0 heterocycles. The number of benzene rings is 6. The summed E-state index contributed by atoms with van der Waals surface area (Å²) in [5.74, 6) is -1.06. The van der Waals surface area contributed by atoms with Crippen LogP contribution in [0.1, 0.15) is 23.0 Å². The van der Waals surface area contributed by atoms with Gasteiger partial charge in [-0.05, 0) is 34.0 Å². The number of anilines is 4. The van der Waals surface area contributed by atoms with E-state index >= 15 is 0 Å². The second-order valence-corrected chi connectivity index (χ2v) is 12.0. The Hall–Kier alpha value is -4.52. The molecule has 1 saturated carbocycles. The van der Waals surface area contributed by atoms with E-state index in [0.717, 1.165) is 65.6 Å². The number of nitrogens with zero attached hydrogens (tertiary/aromatic N) is 2. The van der Waals surface area contributed by atoms with E-state index < -0.39 is 24.0 Å². The number of hydrogen-bond acceptors (Lipinski definition) is 6. The van der Waals surface area contributed by atoms with E-state index in [1.54, 1.807) is 0 Å². The van der Waals surface area contributed by atoms with E-state index in [1.807, 2.05) is 76.7 Å². The summed E-state index contributed by atoms with van der Waals surface area (Å²) < 4.78 is 0. The van der Waals surface area contributed by atoms with Crippen LogP contribution in [0.4, 0.5) is 22.7 Å². The lowest BCUT2D eigenvalue weighted by molar-refractivity contribution is -0.0765. The molecule has 42 heavy (non-hydrogen) atoms. The van der Waals surface area contributed by atoms with E-state index in [4.69, 9.17) is 11.5 Å². The fourth-order valence-electron chi connectivity index (χ4n) is 7.59. The highest BCUT2D eigenvalue weighted by Gasteiger charge is 2.53. The van der Waals surface area contributed by atoms with Gasteiger partial charge in [0.05, 0.1) is 23.6 Å². The Bertz CT molecular complexity index is 1880. The van der Waals surface area contributed by atoms with Gasteiger partial charge in [-0.15, -0.1) is 0 Å². The number of hydrogen-bond donors (Lipinski definition) is 4. The van der Waals surface area contributed by atoms with Crippen LogP contribution in [0.2, 0.25) is 0 Å². The summed E-state index contributed by atoms with van der Waals surface area (Å²) in [5, 5.41) is 32.2. The Morgan fingerprint density at radius 2 is 0.810 bits per heavy atom. The minimum atomic E-state index is -0.854. The van der Waals surface area contributed by atoms with Gasteiger partial charge in [-0.3, -0.25) is 0 Å². The van der Waals surface area contributed by atoms with Crippen LogP contribution in [0.5, 0.6) is 0 Å². The van der Waals surface area contributed by atoms with Crippen molar-refractivity contribution in [3.05, 3.63) is 96.1 Å². The maximum atomic E-state index is 12.2. The molecule has 0 saturated heterocycles. The molecule has 6 aromatic rings. The first-order valence-electron chi connectivity index (χ1n) is 14.4. The third-order valence-electron chi connectivity index (χ3n) is 9.22. The van der Waals surface area contributed by atoms with Crippen LogP contribution in [0.25, 0.3) is 43.1 Å². The maximum absolute atomic E-state index is 12.2. The van der Waals surface area contributed by atoms with Gasteiger partial charge in [-0.1, -0.05) is 72.8 Å². The van der Waals surface area contributed by atoms with Gasteiger partial charge in [0.25, 0.3) is 0 Å². The predicted molar refractivity (Wildman–Crippen MR) is 178 cm³/mol. The van der Waals surface area contributed by atoms with E-state index in [9.17, 15) is 10.2 Å². The molecule has 0 unspecified atom stereocenters. The van der Waals surface area contributed by atoms with Gasteiger partial charge in [0.2, 0.25) is 0 Å². The van der Waals surface area contributed by atoms with Crippen molar-refractivity contribution in [2.45, 2.75) is 24.0 Å². The highest BCUT2D eigenvalue weighted by molar-refractivity contribution is 6.19. The number of aliphatic hydroxyl groups excluding tert-OH is 2. The molecule has 0 spiro atoms. The van der Waals surface area contributed by atoms with E-state index in [0.29, 0.717) is 11.4 Å². The molecular weight excluding hydrogens is 520 g/mol. The number of aliphatic hydroxyl groups is 2. The zero-order chi connectivity index (χ0) is 29.4. The van der Waals surface area contributed by atoms with Crippen LogP contribution in [-0.4, -0.2) is 50.6 Å². The molecule has 0 bridgehead atoms. The second kappa shape index (κ2) is 9.51. The van der Waals surface area contributed by atoms with E-state index in [2.05, 4.69) is 46.2 Å². The lowest BCUT2D eigenvalue weighted by Gasteiger charge is -2.48. The smallest absolute Gasteiger partial charge is 0.0728 e. The third kappa shape index (κ3) is 3.52. The summed E-state index contributed by atoms with van der Waals surface area (Å²) in [4.78, 5) is 4.22. The molecule has 0 amide bonds. The number of fused-ring (bicyclic) bond motifs is 4. The molecule has 0 atom stereocenters. The molecule has 1 fully saturated rings.